The monoisotopic (exact) mass is 561 g/mol. The minimum atomic E-state index is -0.515. The molecule has 0 radical (unpaired) electrons. The smallest absolute Gasteiger partial charge is 0.414 e. The zero-order valence-corrected chi connectivity index (χ0v) is 22.7. The van der Waals surface area contributed by atoms with E-state index in [0.29, 0.717) is 31.3 Å². The fraction of sp³-hybridized carbons (Fsp3) is 0.393. The number of imidazole rings is 1. The van der Waals surface area contributed by atoms with Crippen molar-refractivity contribution in [3.63, 3.8) is 0 Å². The summed E-state index contributed by atoms with van der Waals surface area (Å²) in [6.07, 6.45) is 1.89. The molecule has 1 saturated heterocycles. The predicted octanol–water partition coefficient (Wildman–Crippen LogP) is 3.61. The minimum Gasteiger partial charge on any atom is -0.490 e. The van der Waals surface area contributed by atoms with Crippen LogP contribution < -0.4 is 19.1 Å². The Kier molecular flexibility index (Phi) is 7.67. The number of hydrogen-bond acceptors (Lipinski definition) is 11. The molecule has 2 aromatic heterocycles. The van der Waals surface area contributed by atoms with Crippen molar-refractivity contribution >= 4 is 11.5 Å². The number of hydrogen-bond donors (Lipinski definition) is 0. The SMILES string of the molecule is Cc1noc(COc2ccc(CN3CCN(c4ccc(OC[C@H]5CCn6cc([N+](=O)[O-])nc6O5)cc4)CC3)cc2)n1. The largest absolute Gasteiger partial charge is 0.490 e. The maximum Gasteiger partial charge on any atom is 0.414 e. The van der Waals surface area contributed by atoms with E-state index in [2.05, 4.69) is 49.2 Å². The Morgan fingerprint density at radius 1 is 0.976 bits per heavy atom. The van der Waals surface area contributed by atoms with Gasteiger partial charge in [0, 0.05) is 56.4 Å². The lowest BCUT2D eigenvalue weighted by molar-refractivity contribution is -0.389. The number of aryl methyl sites for hydroxylation is 2. The van der Waals surface area contributed by atoms with Crippen molar-refractivity contribution in [2.24, 2.45) is 0 Å². The molecule has 0 N–H and O–H groups in total. The number of benzene rings is 2. The highest BCUT2D eigenvalue weighted by molar-refractivity contribution is 5.49. The highest BCUT2D eigenvalue weighted by atomic mass is 16.6. The number of fused-ring (bicyclic) bond motifs is 1. The van der Waals surface area contributed by atoms with Gasteiger partial charge in [0.2, 0.25) is 0 Å². The van der Waals surface area contributed by atoms with E-state index in [-0.39, 0.29) is 24.5 Å². The van der Waals surface area contributed by atoms with Gasteiger partial charge in [0.25, 0.3) is 5.89 Å². The lowest BCUT2D eigenvalue weighted by atomic mass is 10.2. The van der Waals surface area contributed by atoms with Crippen LogP contribution >= 0.6 is 0 Å². The number of rotatable bonds is 10. The summed E-state index contributed by atoms with van der Waals surface area (Å²) in [6.45, 7) is 7.72. The zero-order valence-electron chi connectivity index (χ0n) is 22.7. The summed E-state index contributed by atoms with van der Waals surface area (Å²) in [5.74, 6) is 2.39. The summed E-state index contributed by atoms with van der Waals surface area (Å²) in [5.41, 5.74) is 2.41. The molecular formula is C28H31N7O6. The van der Waals surface area contributed by atoms with E-state index in [0.717, 1.165) is 49.9 Å². The lowest BCUT2D eigenvalue weighted by Crippen LogP contribution is -2.45. The quantitative estimate of drug-likeness (QED) is 0.208. The highest BCUT2D eigenvalue weighted by Gasteiger charge is 2.28. The zero-order chi connectivity index (χ0) is 28.2. The first-order chi connectivity index (χ1) is 20.0. The van der Waals surface area contributed by atoms with Crippen molar-refractivity contribution in [1.29, 1.82) is 0 Å². The molecule has 0 spiro atoms. The van der Waals surface area contributed by atoms with Gasteiger partial charge in [-0.25, -0.2) is 0 Å². The van der Waals surface area contributed by atoms with Gasteiger partial charge in [0.15, 0.2) is 12.4 Å². The van der Waals surface area contributed by atoms with Gasteiger partial charge in [-0.05, 0) is 53.8 Å². The average Bonchev–Trinajstić information content (AvgIpc) is 3.62. The normalized spacial score (nSPS) is 17.1. The number of nitro groups is 1. The Hall–Kier alpha value is -4.65. The standard InChI is InChI=1S/C28H31N7O6/c1-20-29-27(41-31-20)19-39-23-6-2-21(3-7-23)16-32-12-14-33(15-13-32)22-4-8-24(9-5-22)38-18-25-10-11-34-17-26(35(36)37)30-28(34)40-25/h2-9,17,25H,10-16,18-19H2,1H3/t25-/m1/s1. The minimum absolute atomic E-state index is 0.203. The molecule has 214 valence electrons. The van der Waals surface area contributed by atoms with Crippen molar-refractivity contribution in [3.8, 4) is 17.5 Å². The molecule has 6 rings (SSSR count). The molecule has 0 bridgehead atoms. The Morgan fingerprint density at radius 3 is 2.41 bits per heavy atom. The van der Waals surface area contributed by atoms with Crippen LogP contribution in [0.25, 0.3) is 0 Å². The summed E-state index contributed by atoms with van der Waals surface area (Å²) in [6, 6.07) is 16.5. The number of nitrogens with zero attached hydrogens (tertiary/aromatic N) is 7. The van der Waals surface area contributed by atoms with E-state index in [1.807, 2.05) is 24.3 Å². The van der Waals surface area contributed by atoms with Crippen LogP contribution in [-0.4, -0.2) is 68.4 Å². The first kappa shape index (κ1) is 26.6. The lowest BCUT2D eigenvalue weighted by Gasteiger charge is -2.36. The van der Waals surface area contributed by atoms with Crippen molar-refractivity contribution in [3.05, 3.63) is 82.1 Å². The molecule has 0 unspecified atom stereocenters. The molecule has 41 heavy (non-hydrogen) atoms. The molecule has 1 fully saturated rings. The van der Waals surface area contributed by atoms with Gasteiger partial charge in [-0.3, -0.25) is 9.47 Å². The van der Waals surface area contributed by atoms with Crippen LogP contribution in [0.4, 0.5) is 11.5 Å². The van der Waals surface area contributed by atoms with Crippen LogP contribution in [0, 0.1) is 17.0 Å². The summed E-state index contributed by atoms with van der Waals surface area (Å²) >= 11 is 0. The molecule has 4 heterocycles. The van der Waals surface area contributed by atoms with Crippen LogP contribution in [0.1, 0.15) is 23.7 Å². The Morgan fingerprint density at radius 2 is 1.71 bits per heavy atom. The van der Waals surface area contributed by atoms with Gasteiger partial charge >= 0.3 is 11.8 Å². The molecule has 2 aliphatic heterocycles. The van der Waals surface area contributed by atoms with E-state index >= 15 is 0 Å². The number of anilines is 1. The van der Waals surface area contributed by atoms with Crippen molar-refractivity contribution in [2.45, 2.75) is 39.1 Å². The van der Waals surface area contributed by atoms with Gasteiger partial charge < -0.3 is 33.7 Å². The maximum absolute atomic E-state index is 10.9. The van der Waals surface area contributed by atoms with Crippen molar-refractivity contribution in [2.75, 3.05) is 37.7 Å². The third kappa shape index (κ3) is 6.57. The molecule has 0 amide bonds. The number of aromatic nitrogens is 4. The Labute approximate surface area is 236 Å². The third-order valence-electron chi connectivity index (χ3n) is 7.15. The van der Waals surface area contributed by atoms with Crippen LogP contribution in [-0.2, 0) is 19.7 Å². The molecule has 4 aromatic rings. The molecule has 13 heteroatoms. The summed E-state index contributed by atoms with van der Waals surface area (Å²) in [5, 5.41) is 14.7. The van der Waals surface area contributed by atoms with E-state index < -0.39 is 4.92 Å². The molecule has 2 aliphatic rings. The van der Waals surface area contributed by atoms with Crippen LogP contribution in [0.3, 0.4) is 0 Å². The van der Waals surface area contributed by atoms with E-state index in [4.69, 9.17) is 18.7 Å². The number of ether oxygens (including phenoxy) is 3. The van der Waals surface area contributed by atoms with Crippen molar-refractivity contribution in [1.82, 2.24) is 24.6 Å². The second-order valence-corrected chi connectivity index (χ2v) is 10.1. The van der Waals surface area contributed by atoms with Gasteiger partial charge in [0.1, 0.15) is 30.4 Å². The molecular weight excluding hydrogens is 530 g/mol. The molecule has 13 nitrogen and oxygen atoms in total. The Balaban J connectivity index is 0.926. The molecule has 0 saturated carbocycles. The predicted molar refractivity (Wildman–Crippen MR) is 147 cm³/mol. The van der Waals surface area contributed by atoms with Crippen LogP contribution in [0.2, 0.25) is 0 Å². The highest BCUT2D eigenvalue weighted by Crippen LogP contribution is 2.26. The fourth-order valence-corrected chi connectivity index (χ4v) is 4.94. The fourth-order valence-electron chi connectivity index (χ4n) is 4.94. The van der Waals surface area contributed by atoms with Gasteiger partial charge in [-0.15, -0.1) is 0 Å². The second kappa shape index (κ2) is 11.8. The van der Waals surface area contributed by atoms with Gasteiger partial charge in [-0.1, -0.05) is 17.3 Å². The van der Waals surface area contributed by atoms with Crippen LogP contribution in [0.5, 0.6) is 17.5 Å². The third-order valence-corrected chi connectivity index (χ3v) is 7.15. The maximum atomic E-state index is 10.9. The average molecular weight is 562 g/mol. The summed E-state index contributed by atoms with van der Waals surface area (Å²) < 4.78 is 24.2. The molecule has 1 atom stereocenters. The summed E-state index contributed by atoms with van der Waals surface area (Å²) in [4.78, 5) is 23.3. The first-order valence-corrected chi connectivity index (χ1v) is 13.6. The van der Waals surface area contributed by atoms with E-state index in [1.165, 1.54) is 11.8 Å². The van der Waals surface area contributed by atoms with E-state index in [9.17, 15) is 10.1 Å². The van der Waals surface area contributed by atoms with Crippen LogP contribution in [0.15, 0.2) is 59.3 Å². The topological polar surface area (TPSA) is 134 Å². The van der Waals surface area contributed by atoms with Gasteiger partial charge in [-0.2, -0.15) is 4.98 Å². The van der Waals surface area contributed by atoms with E-state index in [1.54, 1.807) is 11.5 Å². The molecule has 2 aromatic carbocycles. The number of piperazine rings is 1. The summed E-state index contributed by atoms with van der Waals surface area (Å²) in [7, 11) is 0. The van der Waals surface area contributed by atoms with Gasteiger partial charge in [0.05, 0.1) is 0 Å². The van der Waals surface area contributed by atoms with Crippen molar-refractivity contribution < 1.29 is 23.7 Å². The first-order valence-electron chi connectivity index (χ1n) is 13.6. The molecule has 0 aliphatic carbocycles. The second-order valence-electron chi connectivity index (χ2n) is 10.1. The Bertz CT molecular complexity index is 1460.